The van der Waals surface area contributed by atoms with E-state index in [1.807, 2.05) is 35.2 Å². The number of carbonyl (C=O) groups is 2. The highest BCUT2D eigenvalue weighted by atomic mass is 16.3. The summed E-state index contributed by atoms with van der Waals surface area (Å²) in [5, 5.41) is 2.93. The van der Waals surface area contributed by atoms with E-state index in [0.29, 0.717) is 18.5 Å². The third-order valence-corrected chi connectivity index (χ3v) is 4.75. The minimum absolute atomic E-state index is 0.00933. The van der Waals surface area contributed by atoms with Crippen LogP contribution in [0.25, 0.3) is 0 Å². The summed E-state index contributed by atoms with van der Waals surface area (Å²) in [5.74, 6) is 0.0225. The van der Waals surface area contributed by atoms with Crippen LogP contribution in [0.3, 0.4) is 0 Å². The fourth-order valence-electron chi connectivity index (χ4n) is 3.28. The molecule has 1 aliphatic rings. The van der Waals surface area contributed by atoms with Gasteiger partial charge in [-0.15, -0.1) is 0 Å². The van der Waals surface area contributed by atoms with Gasteiger partial charge in [-0.1, -0.05) is 18.2 Å². The molecule has 0 bridgehead atoms. The Balaban J connectivity index is 1.50. The molecule has 0 unspecified atom stereocenters. The molecule has 26 heavy (non-hydrogen) atoms. The third-order valence-electron chi connectivity index (χ3n) is 4.75. The highest BCUT2D eigenvalue weighted by molar-refractivity contribution is 5.93. The van der Waals surface area contributed by atoms with Gasteiger partial charge in [0.2, 0.25) is 5.91 Å². The van der Waals surface area contributed by atoms with Gasteiger partial charge in [0.15, 0.2) is 0 Å². The molecule has 1 aromatic carbocycles. The maximum Gasteiger partial charge on any atom is 0.257 e. The molecule has 2 aromatic rings. The largest absolute Gasteiger partial charge is 0.472 e. The number of rotatable bonds is 5. The van der Waals surface area contributed by atoms with E-state index in [9.17, 15) is 9.59 Å². The van der Waals surface area contributed by atoms with E-state index in [1.165, 1.54) is 12.5 Å². The van der Waals surface area contributed by atoms with Crippen molar-refractivity contribution >= 4 is 17.5 Å². The molecule has 0 aliphatic carbocycles. The van der Waals surface area contributed by atoms with Crippen LogP contribution in [0, 0.1) is 0 Å². The van der Waals surface area contributed by atoms with Crippen molar-refractivity contribution in [3.63, 3.8) is 0 Å². The molecule has 1 aliphatic heterocycles. The normalized spacial score (nSPS) is 16.7. The standard InChI is InChI=1S/C20H25N3O3/c1-16(14-19(24)21-18-6-3-2-4-7-18)22-9-5-10-23(12-11-22)20(25)17-8-13-26-15-17/h2-4,6-8,13,15-16H,5,9-12,14H2,1H3,(H,21,24)/t16-/m1/s1. The van der Waals surface area contributed by atoms with Crippen molar-refractivity contribution in [2.45, 2.75) is 25.8 Å². The van der Waals surface area contributed by atoms with Gasteiger partial charge in [0, 0.05) is 44.3 Å². The monoisotopic (exact) mass is 355 g/mol. The van der Waals surface area contributed by atoms with Crippen LogP contribution < -0.4 is 5.32 Å². The van der Waals surface area contributed by atoms with Crippen LogP contribution in [-0.4, -0.2) is 53.8 Å². The van der Waals surface area contributed by atoms with Crippen LogP contribution in [-0.2, 0) is 4.79 Å². The molecule has 2 heterocycles. The Kier molecular flexibility index (Phi) is 6.07. The molecule has 1 aromatic heterocycles. The van der Waals surface area contributed by atoms with Crippen LogP contribution >= 0.6 is 0 Å². The summed E-state index contributed by atoms with van der Waals surface area (Å²) in [5.41, 5.74) is 1.41. The molecule has 138 valence electrons. The Bertz CT molecular complexity index is 715. The first kappa shape index (κ1) is 18.2. The van der Waals surface area contributed by atoms with Gasteiger partial charge in [-0.25, -0.2) is 0 Å². The molecule has 6 heteroatoms. The Morgan fingerprint density at radius 3 is 2.65 bits per heavy atom. The van der Waals surface area contributed by atoms with E-state index in [0.717, 1.165) is 31.7 Å². The Morgan fingerprint density at radius 1 is 1.12 bits per heavy atom. The van der Waals surface area contributed by atoms with Crippen molar-refractivity contribution < 1.29 is 14.0 Å². The molecule has 3 rings (SSSR count). The second-order valence-corrected chi connectivity index (χ2v) is 6.66. The average molecular weight is 355 g/mol. The maximum atomic E-state index is 12.5. The molecule has 0 radical (unpaired) electrons. The van der Waals surface area contributed by atoms with Gasteiger partial charge >= 0.3 is 0 Å². The second kappa shape index (κ2) is 8.67. The van der Waals surface area contributed by atoms with Gasteiger partial charge in [-0.3, -0.25) is 14.5 Å². The Hall–Kier alpha value is -2.60. The third kappa shape index (κ3) is 4.73. The molecule has 6 nitrogen and oxygen atoms in total. The number of carbonyl (C=O) groups excluding carboxylic acids is 2. The second-order valence-electron chi connectivity index (χ2n) is 6.66. The molecular weight excluding hydrogens is 330 g/mol. The molecular formula is C20H25N3O3. The van der Waals surface area contributed by atoms with E-state index >= 15 is 0 Å². The minimum atomic E-state index is 0.00933. The number of nitrogens with one attached hydrogen (secondary N) is 1. The minimum Gasteiger partial charge on any atom is -0.472 e. The molecule has 1 N–H and O–H groups in total. The highest BCUT2D eigenvalue weighted by Crippen LogP contribution is 2.14. The number of para-hydroxylation sites is 1. The summed E-state index contributed by atoms with van der Waals surface area (Å²) in [6.45, 7) is 5.11. The van der Waals surface area contributed by atoms with Gasteiger partial charge in [-0.05, 0) is 31.5 Å². The van der Waals surface area contributed by atoms with E-state index < -0.39 is 0 Å². The maximum absolute atomic E-state index is 12.5. The van der Waals surface area contributed by atoms with Gasteiger partial charge in [0.1, 0.15) is 6.26 Å². The molecule has 2 amide bonds. The average Bonchev–Trinajstić information content (AvgIpc) is 3.06. The zero-order chi connectivity index (χ0) is 18.4. The zero-order valence-corrected chi connectivity index (χ0v) is 15.1. The highest BCUT2D eigenvalue weighted by Gasteiger charge is 2.24. The summed E-state index contributed by atoms with van der Waals surface area (Å²) in [4.78, 5) is 28.9. The lowest BCUT2D eigenvalue weighted by atomic mass is 10.1. The van der Waals surface area contributed by atoms with Crippen molar-refractivity contribution in [1.29, 1.82) is 0 Å². The summed E-state index contributed by atoms with van der Waals surface area (Å²) in [7, 11) is 0. The molecule has 0 saturated carbocycles. The zero-order valence-electron chi connectivity index (χ0n) is 15.1. The van der Waals surface area contributed by atoms with Crippen LogP contribution in [0.2, 0.25) is 0 Å². The number of hydrogen-bond acceptors (Lipinski definition) is 4. The van der Waals surface area contributed by atoms with Crippen molar-refractivity contribution in [2.24, 2.45) is 0 Å². The summed E-state index contributed by atoms with van der Waals surface area (Å²) >= 11 is 0. The molecule has 1 fully saturated rings. The van der Waals surface area contributed by atoms with Crippen molar-refractivity contribution in [2.75, 3.05) is 31.5 Å². The van der Waals surface area contributed by atoms with Crippen LogP contribution in [0.15, 0.2) is 53.3 Å². The van der Waals surface area contributed by atoms with Crippen molar-refractivity contribution in [3.8, 4) is 0 Å². The summed E-state index contributed by atoms with van der Waals surface area (Å²) < 4.78 is 5.01. The molecule has 1 saturated heterocycles. The lowest BCUT2D eigenvalue weighted by Gasteiger charge is -2.27. The molecule has 0 spiro atoms. The quantitative estimate of drug-likeness (QED) is 0.896. The van der Waals surface area contributed by atoms with Crippen LogP contribution in [0.4, 0.5) is 5.69 Å². The number of hydrogen-bond donors (Lipinski definition) is 1. The Labute approximate surface area is 153 Å². The lowest BCUT2D eigenvalue weighted by Crippen LogP contribution is -2.39. The topological polar surface area (TPSA) is 65.8 Å². The van der Waals surface area contributed by atoms with Gasteiger partial charge < -0.3 is 14.6 Å². The van der Waals surface area contributed by atoms with E-state index in [-0.39, 0.29) is 17.9 Å². The van der Waals surface area contributed by atoms with E-state index in [1.54, 1.807) is 6.07 Å². The predicted octanol–water partition coefficient (Wildman–Crippen LogP) is 2.84. The first-order valence-corrected chi connectivity index (χ1v) is 9.04. The SMILES string of the molecule is C[C@H](CC(=O)Nc1ccccc1)N1CCCN(C(=O)c2ccoc2)CC1. The Morgan fingerprint density at radius 2 is 1.92 bits per heavy atom. The molecule has 1 atom stereocenters. The fraction of sp³-hybridized carbons (Fsp3) is 0.400. The smallest absolute Gasteiger partial charge is 0.257 e. The van der Waals surface area contributed by atoms with Crippen molar-refractivity contribution in [1.82, 2.24) is 9.80 Å². The van der Waals surface area contributed by atoms with E-state index in [4.69, 9.17) is 4.42 Å². The van der Waals surface area contributed by atoms with Gasteiger partial charge in [0.25, 0.3) is 5.91 Å². The van der Waals surface area contributed by atoms with E-state index in [2.05, 4.69) is 17.1 Å². The predicted molar refractivity (Wildman–Crippen MR) is 100.0 cm³/mol. The fourth-order valence-corrected chi connectivity index (χ4v) is 3.28. The van der Waals surface area contributed by atoms with Gasteiger partial charge in [-0.2, -0.15) is 0 Å². The number of anilines is 1. The number of nitrogens with zero attached hydrogens (tertiary/aromatic N) is 2. The number of amides is 2. The van der Waals surface area contributed by atoms with Gasteiger partial charge in [0.05, 0.1) is 11.8 Å². The number of benzene rings is 1. The lowest BCUT2D eigenvalue weighted by molar-refractivity contribution is -0.117. The van der Waals surface area contributed by atoms with Crippen LogP contribution in [0.5, 0.6) is 0 Å². The first-order chi connectivity index (χ1) is 12.6. The van der Waals surface area contributed by atoms with Crippen LogP contribution in [0.1, 0.15) is 30.1 Å². The summed E-state index contributed by atoms with van der Waals surface area (Å²) in [6, 6.07) is 11.3. The first-order valence-electron chi connectivity index (χ1n) is 9.04. The van der Waals surface area contributed by atoms with Crippen molar-refractivity contribution in [3.05, 3.63) is 54.5 Å². The number of furan rings is 1. The summed E-state index contributed by atoms with van der Waals surface area (Å²) in [6.07, 6.45) is 4.34.